The quantitative estimate of drug-likeness (QED) is 0.682. The lowest BCUT2D eigenvalue weighted by Crippen LogP contribution is -2.49. The van der Waals surface area contributed by atoms with E-state index in [2.05, 4.69) is 5.32 Å². The second-order valence-electron chi connectivity index (χ2n) is 6.08. The molecule has 12 heteroatoms. The molecule has 29 heavy (non-hydrogen) atoms. The first kappa shape index (κ1) is 22.6. The molecule has 0 aliphatic rings. The molecule has 0 saturated carbocycles. The smallest absolute Gasteiger partial charge is 0.348 e. The summed E-state index contributed by atoms with van der Waals surface area (Å²) in [5.74, 6) is -8.54. The first-order valence-corrected chi connectivity index (χ1v) is 8.30. The summed E-state index contributed by atoms with van der Waals surface area (Å²) in [5.41, 5.74) is -1.79. The standard InChI is InChI=1S/C17H14ClF6N3O2/c1-8(17(22,23)24)25-15(29)16(20,21)13-10(5-6-27(13)2)14(28)26-9-3-4-12(19)11(18)7-9/h3-8H,1-2H3,(H,25,29)(H,26,28)/t8-/m0/s1. The Morgan fingerprint density at radius 3 is 2.31 bits per heavy atom. The van der Waals surface area contributed by atoms with Gasteiger partial charge in [-0.05, 0) is 31.2 Å². The van der Waals surface area contributed by atoms with E-state index < -0.39 is 47.0 Å². The van der Waals surface area contributed by atoms with Crippen LogP contribution in [-0.4, -0.2) is 28.6 Å². The predicted octanol–water partition coefficient (Wildman–Crippen LogP) is 4.23. The van der Waals surface area contributed by atoms with Crippen molar-refractivity contribution in [2.45, 2.75) is 25.1 Å². The summed E-state index contributed by atoms with van der Waals surface area (Å²) in [4.78, 5) is 24.2. The number of aromatic nitrogens is 1. The molecule has 2 aromatic rings. The third-order valence-corrected chi connectivity index (χ3v) is 4.21. The second-order valence-corrected chi connectivity index (χ2v) is 6.49. The van der Waals surface area contributed by atoms with Crippen LogP contribution in [0.15, 0.2) is 30.5 Å². The topological polar surface area (TPSA) is 63.1 Å². The number of hydrogen-bond donors (Lipinski definition) is 2. The molecule has 1 aromatic carbocycles. The van der Waals surface area contributed by atoms with E-state index in [9.17, 15) is 35.9 Å². The zero-order valence-electron chi connectivity index (χ0n) is 14.9. The molecule has 0 radical (unpaired) electrons. The number of halogens is 7. The fourth-order valence-electron chi connectivity index (χ4n) is 2.35. The predicted molar refractivity (Wildman–Crippen MR) is 92.3 cm³/mol. The lowest BCUT2D eigenvalue weighted by atomic mass is 10.1. The Balaban J connectivity index is 2.32. The Kier molecular flexibility index (Phi) is 6.21. The molecule has 0 fully saturated rings. The first-order chi connectivity index (χ1) is 13.2. The van der Waals surface area contributed by atoms with Crippen LogP contribution in [0, 0.1) is 5.82 Å². The molecule has 1 heterocycles. The van der Waals surface area contributed by atoms with Gasteiger partial charge < -0.3 is 15.2 Å². The van der Waals surface area contributed by atoms with Crippen molar-refractivity contribution in [3.63, 3.8) is 0 Å². The summed E-state index contributed by atoms with van der Waals surface area (Å²) in [6.45, 7) is 0.505. The van der Waals surface area contributed by atoms with Gasteiger partial charge in [-0.2, -0.15) is 22.0 Å². The van der Waals surface area contributed by atoms with E-state index in [1.807, 2.05) is 0 Å². The number of alkyl halides is 5. The molecule has 1 aromatic heterocycles. The van der Waals surface area contributed by atoms with Crippen molar-refractivity contribution >= 4 is 29.1 Å². The van der Waals surface area contributed by atoms with Gasteiger partial charge in [0, 0.05) is 18.9 Å². The monoisotopic (exact) mass is 441 g/mol. The SMILES string of the molecule is C[C@H](NC(=O)C(F)(F)c1c(C(=O)Nc2ccc(F)c(Cl)c2)ccn1C)C(F)(F)F. The lowest BCUT2D eigenvalue weighted by Gasteiger charge is -2.23. The summed E-state index contributed by atoms with van der Waals surface area (Å²) in [6.07, 6.45) is -3.89. The highest BCUT2D eigenvalue weighted by Gasteiger charge is 2.49. The van der Waals surface area contributed by atoms with E-state index in [4.69, 9.17) is 11.6 Å². The normalized spacial score (nSPS) is 13.1. The summed E-state index contributed by atoms with van der Waals surface area (Å²) in [5, 5.41) is 3.06. The van der Waals surface area contributed by atoms with Crippen LogP contribution in [-0.2, 0) is 17.8 Å². The molecule has 1 atom stereocenters. The minimum absolute atomic E-state index is 0.0188. The van der Waals surface area contributed by atoms with Crippen molar-refractivity contribution in [2.24, 2.45) is 7.05 Å². The van der Waals surface area contributed by atoms with Crippen molar-refractivity contribution < 1.29 is 35.9 Å². The molecule has 2 N–H and O–H groups in total. The third kappa shape index (κ3) is 4.84. The van der Waals surface area contributed by atoms with Crippen LogP contribution in [0.3, 0.4) is 0 Å². The van der Waals surface area contributed by atoms with E-state index in [1.54, 1.807) is 0 Å². The van der Waals surface area contributed by atoms with Crippen LogP contribution in [0.5, 0.6) is 0 Å². The Hall–Kier alpha value is -2.69. The van der Waals surface area contributed by atoms with E-state index in [-0.39, 0.29) is 10.7 Å². The van der Waals surface area contributed by atoms with Crippen molar-refractivity contribution in [1.29, 1.82) is 0 Å². The van der Waals surface area contributed by atoms with Gasteiger partial charge in [0.15, 0.2) is 0 Å². The van der Waals surface area contributed by atoms with Gasteiger partial charge >= 0.3 is 12.1 Å². The molecule has 158 valence electrons. The van der Waals surface area contributed by atoms with Gasteiger partial charge in [-0.15, -0.1) is 0 Å². The van der Waals surface area contributed by atoms with Crippen LogP contribution in [0.1, 0.15) is 23.0 Å². The zero-order chi connectivity index (χ0) is 22.1. The maximum absolute atomic E-state index is 14.6. The molecule has 0 bridgehead atoms. The number of nitrogens with zero attached hydrogens (tertiary/aromatic N) is 1. The van der Waals surface area contributed by atoms with Crippen LogP contribution in [0.25, 0.3) is 0 Å². The highest BCUT2D eigenvalue weighted by Crippen LogP contribution is 2.33. The lowest BCUT2D eigenvalue weighted by molar-refractivity contribution is -0.169. The molecule has 5 nitrogen and oxygen atoms in total. The highest BCUT2D eigenvalue weighted by molar-refractivity contribution is 6.31. The molecular weight excluding hydrogens is 428 g/mol. The Bertz CT molecular complexity index is 942. The van der Waals surface area contributed by atoms with Gasteiger partial charge in [-0.3, -0.25) is 9.59 Å². The maximum Gasteiger partial charge on any atom is 0.408 e. The van der Waals surface area contributed by atoms with Crippen LogP contribution < -0.4 is 10.6 Å². The molecule has 0 unspecified atom stereocenters. The molecule has 0 aliphatic heterocycles. The number of hydrogen-bond acceptors (Lipinski definition) is 2. The van der Waals surface area contributed by atoms with Crippen LogP contribution >= 0.6 is 11.6 Å². The number of rotatable bonds is 5. The zero-order valence-corrected chi connectivity index (χ0v) is 15.6. The number of aryl methyl sites for hydroxylation is 1. The maximum atomic E-state index is 14.6. The first-order valence-electron chi connectivity index (χ1n) is 7.92. The number of carbonyl (C=O) groups is 2. The van der Waals surface area contributed by atoms with Gasteiger partial charge in [0.2, 0.25) is 0 Å². The molecule has 2 amide bonds. The van der Waals surface area contributed by atoms with Gasteiger partial charge in [0.1, 0.15) is 17.6 Å². The van der Waals surface area contributed by atoms with Crippen molar-refractivity contribution in [3.8, 4) is 0 Å². The molecule has 2 rings (SSSR count). The minimum Gasteiger partial charge on any atom is -0.348 e. The van der Waals surface area contributed by atoms with Gasteiger partial charge in [-0.1, -0.05) is 11.6 Å². The van der Waals surface area contributed by atoms with E-state index in [1.165, 1.54) is 5.32 Å². The average Bonchev–Trinajstić information content (AvgIpc) is 2.99. The van der Waals surface area contributed by atoms with Crippen LogP contribution in [0.2, 0.25) is 5.02 Å². The van der Waals surface area contributed by atoms with Gasteiger partial charge in [0.25, 0.3) is 11.8 Å². The molecule has 0 aliphatic carbocycles. The average molecular weight is 442 g/mol. The summed E-state index contributed by atoms with van der Waals surface area (Å²) < 4.78 is 80.9. The summed E-state index contributed by atoms with van der Waals surface area (Å²) in [6, 6.07) is 1.53. The van der Waals surface area contributed by atoms with E-state index >= 15 is 0 Å². The summed E-state index contributed by atoms with van der Waals surface area (Å²) in [7, 11) is 1.09. The van der Waals surface area contributed by atoms with Crippen LogP contribution in [0.4, 0.5) is 32.0 Å². The summed E-state index contributed by atoms with van der Waals surface area (Å²) >= 11 is 5.58. The number of anilines is 1. The fourth-order valence-corrected chi connectivity index (χ4v) is 2.53. The minimum atomic E-state index is -4.93. The van der Waals surface area contributed by atoms with E-state index in [0.29, 0.717) is 6.92 Å². The van der Waals surface area contributed by atoms with Gasteiger partial charge in [0.05, 0.1) is 10.6 Å². The number of benzene rings is 1. The van der Waals surface area contributed by atoms with Crippen molar-refractivity contribution in [2.75, 3.05) is 5.32 Å². The molecule has 0 spiro atoms. The van der Waals surface area contributed by atoms with E-state index in [0.717, 1.165) is 42.1 Å². The highest BCUT2D eigenvalue weighted by atomic mass is 35.5. The number of nitrogens with one attached hydrogen (secondary N) is 2. The second kappa shape index (κ2) is 7.97. The molecular formula is C17H14ClF6N3O2. The third-order valence-electron chi connectivity index (χ3n) is 3.92. The fraction of sp³-hybridized carbons (Fsp3) is 0.294. The Morgan fingerprint density at radius 2 is 1.76 bits per heavy atom. The largest absolute Gasteiger partial charge is 0.408 e. The Morgan fingerprint density at radius 1 is 1.14 bits per heavy atom. The van der Waals surface area contributed by atoms with Crippen molar-refractivity contribution in [3.05, 3.63) is 52.6 Å². The number of amides is 2. The Labute approximate surface area is 165 Å². The van der Waals surface area contributed by atoms with Crippen molar-refractivity contribution in [1.82, 2.24) is 9.88 Å². The molecule has 0 saturated heterocycles. The van der Waals surface area contributed by atoms with Gasteiger partial charge in [-0.25, -0.2) is 4.39 Å². The number of carbonyl (C=O) groups excluding carboxylic acids is 2.